The van der Waals surface area contributed by atoms with Gasteiger partial charge < -0.3 is 15.4 Å². The van der Waals surface area contributed by atoms with Crippen LogP contribution in [0, 0.1) is 13.8 Å². The first-order valence-corrected chi connectivity index (χ1v) is 7.08. The van der Waals surface area contributed by atoms with Gasteiger partial charge in [0.05, 0.1) is 6.61 Å². The molecule has 0 saturated heterocycles. The van der Waals surface area contributed by atoms with E-state index in [1.807, 2.05) is 38.1 Å². The summed E-state index contributed by atoms with van der Waals surface area (Å²) in [6.45, 7) is 5.21. The van der Waals surface area contributed by atoms with Gasteiger partial charge >= 0.3 is 0 Å². The van der Waals surface area contributed by atoms with Gasteiger partial charge in [0.1, 0.15) is 5.82 Å². The van der Waals surface area contributed by atoms with E-state index in [2.05, 4.69) is 20.6 Å². The van der Waals surface area contributed by atoms with Gasteiger partial charge in [-0.15, -0.1) is 0 Å². The van der Waals surface area contributed by atoms with Crippen molar-refractivity contribution in [2.24, 2.45) is 0 Å². The van der Waals surface area contributed by atoms with Gasteiger partial charge in [-0.05, 0) is 31.5 Å². The summed E-state index contributed by atoms with van der Waals surface area (Å²) in [4.78, 5) is 8.79. The largest absolute Gasteiger partial charge is 0.383 e. The average molecular weight is 307 g/mol. The molecular weight excluding hydrogens is 288 g/mol. The molecule has 0 unspecified atom stereocenters. The number of benzene rings is 1. The second-order valence-corrected chi connectivity index (χ2v) is 5.13. The SMILES string of the molecule is COCCNc1cc(C)nc(Nc2ccc(C)c(Cl)c2)n1. The Morgan fingerprint density at radius 2 is 2.00 bits per heavy atom. The minimum absolute atomic E-state index is 0.537. The maximum absolute atomic E-state index is 6.12. The van der Waals surface area contributed by atoms with E-state index in [0.29, 0.717) is 24.1 Å². The Hall–Kier alpha value is -1.85. The summed E-state index contributed by atoms with van der Waals surface area (Å²) >= 11 is 6.12. The lowest BCUT2D eigenvalue weighted by atomic mass is 10.2. The number of nitrogens with one attached hydrogen (secondary N) is 2. The third-order valence-electron chi connectivity index (χ3n) is 2.89. The van der Waals surface area contributed by atoms with Gasteiger partial charge in [0.15, 0.2) is 0 Å². The molecule has 2 rings (SSSR count). The molecule has 0 radical (unpaired) electrons. The summed E-state index contributed by atoms with van der Waals surface area (Å²) in [6, 6.07) is 7.66. The first-order valence-electron chi connectivity index (χ1n) is 6.70. The van der Waals surface area contributed by atoms with Crippen molar-refractivity contribution >= 4 is 29.1 Å². The minimum Gasteiger partial charge on any atom is -0.383 e. The minimum atomic E-state index is 0.537. The maximum Gasteiger partial charge on any atom is 0.229 e. The Labute approximate surface area is 129 Å². The van der Waals surface area contributed by atoms with Crippen LogP contribution in [0.4, 0.5) is 17.5 Å². The van der Waals surface area contributed by atoms with Gasteiger partial charge in [-0.2, -0.15) is 4.98 Å². The molecule has 1 aromatic heterocycles. The van der Waals surface area contributed by atoms with E-state index in [0.717, 1.165) is 22.8 Å². The summed E-state index contributed by atoms with van der Waals surface area (Å²) in [6.07, 6.45) is 0. The monoisotopic (exact) mass is 306 g/mol. The Bertz CT molecular complexity index is 619. The number of methoxy groups -OCH3 is 1. The van der Waals surface area contributed by atoms with Gasteiger partial charge in [-0.25, -0.2) is 4.98 Å². The molecule has 0 saturated carbocycles. The number of anilines is 3. The maximum atomic E-state index is 6.12. The van der Waals surface area contributed by atoms with E-state index in [1.54, 1.807) is 7.11 Å². The zero-order valence-corrected chi connectivity index (χ0v) is 13.2. The van der Waals surface area contributed by atoms with Crippen molar-refractivity contribution in [3.63, 3.8) is 0 Å². The van der Waals surface area contributed by atoms with E-state index in [4.69, 9.17) is 16.3 Å². The molecule has 0 bridgehead atoms. The number of aromatic nitrogens is 2. The van der Waals surface area contributed by atoms with E-state index in [1.165, 1.54) is 0 Å². The quantitative estimate of drug-likeness (QED) is 0.799. The first-order chi connectivity index (χ1) is 10.1. The highest BCUT2D eigenvalue weighted by atomic mass is 35.5. The van der Waals surface area contributed by atoms with Gasteiger partial charge in [0, 0.05) is 36.1 Å². The van der Waals surface area contributed by atoms with E-state index >= 15 is 0 Å². The summed E-state index contributed by atoms with van der Waals surface area (Å²) in [5.74, 6) is 1.30. The lowest BCUT2D eigenvalue weighted by molar-refractivity contribution is 0.210. The van der Waals surface area contributed by atoms with Crippen LogP contribution in [0.3, 0.4) is 0 Å². The predicted octanol–water partition coefficient (Wildman–Crippen LogP) is 3.55. The van der Waals surface area contributed by atoms with Crippen LogP contribution in [0.2, 0.25) is 5.02 Å². The molecular formula is C15H19ClN4O. The molecule has 1 aromatic carbocycles. The van der Waals surface area contributed by atoms with Crippen molar-refractivity contribution in [2.75, 3.05) is 30.9 Å². The highest BCUT2D eigenvalue weighted by Crippen LogP contribution is 2.22. The molecule has 0 amide bonds. The molecule has 21 heavy (non-hydrogen) atoms. The molecule has 0 aliphatic carbocycles. The number of aryl methyl sites for hydroxylation is 2. The van der Waals surface area contributed by atoms with E-state index < -0.39 is 0 Å². The highest BCUT2D eigenvalue weighted by Gasteiger charge is 2.04. The number of nitrogens with zero attached hydrogens (tertiary/aromatic N) is 2. The van der Waals surface area contributed by atoms with Crippen molar-refractivity contribution in [3.05, 3.63) is 40.5 Å². The topological polar surface area (TPSA) is 59.1 Å². The molecule has 0 aliphatic heterocycles. The van der Waals surface area contributed by atoms with Crippen LogP contribution in [0.5, 0.6) is 0 Å². The van der Waals surface area contributed by atoms with Gasteiger partial charge in [-0.3, -0.25) is 0 Å². The average Bonchev–Trinajstić information content (AvgIpc) is 2.43. The molecule has 0 spiro atoms. The van der Waals surface area contributed by atoms with Crippen LogP contribution < -0.4 is 10.6 Å². The summed E-state index contributed by atoms with van der Waals surface area (Å²) in [5, 5.41) is 7.07. The normalized spacial score (nSPS) is 10.5. The zero-order chi connectivity index (χ0) is 15.2. The molecule has 6 heteroatoms. The zero-order valence-electron chi connectivity index (χ0n) is 12.4. The fourth-order valence-corrected chi connectivity index (χ4v) is 1.98. The number of hydrogen-bond donors (Lipinski definition) is 2. The summed E-state index contributed by atoms with van der Waals surface area (Å²) < 4.78 is 5.01. The lowest BCUT2D eigenvalue weighted by Crippen LogP contribution is -2.10. The summed E-state index contributed by atoms with van der Waals surface area (Å²) in [7, 11) is 1.67. The molecule has 2 aromatic rings. The highest BCUT2D eigenvalue weighted by molar-refractivity contribution is 6.31. The third kappa shape index (κ3) is 4.58. The Balaban J connectivity index is 2.13. The van der Waals surface area contributed by atoms with Crippen molar-refractivity contribution in [1.82, 2.24) is 9.97 Å². The number of rotatable bonds is 6. The second-order valence-electron chi connectivity index (χ2n) is 4.73. The number of ether oxygens (including phenoxy) is 1. The second kappa shape index (κ2) is 7.24. The van der Waals surface area contributed by atoms with Gasteiger partial charge in [-0.1, -0.05) is 17.7 Å². The standard InChI is InChI=1S/C15H19ClN4O/c1-10-4-5-12(9-13(10)16)19-15-18-11(2)8-14(20-15)17-6-7-21-3/h4-5,8-9H,6-7H2,1-3H3,(H2,17,18,19,20). The van der Waals surface area contributed by atoms with Crippen LogP contribution in [0.25, 0.3) is 0 Å². The van der Waals surface area contributed by atoms with Gasteiger partial charge in [0.2, 0.25) is 5.95 Å². The van der Waals surface area contributed by atoms with Crippen LogP contribution in [0.1, 0.15) is 11.3 Å². The van der Waals surface area contributed by atoms with E-state index in [9.17, 15) is 0 Å². The molecule has 1 heterocycles. The molecule has 0 atom stereocenters. The van der Waals surface area contributed by atoms with Crippen molar-refractivity contribution in [2.45, 2.75) is 13.8 Å². The Kier molecular flexibility index (Phi) is 5.36. The number of hydrogen-bond acceptors (Lipinski definition) is 5. The molecule has 0 fully saturated rings. The van der Waals surface area contributed by atoms with Crippen LogP contribution in [-0.2, 0) is 4.74 Å². The molecule has 0 aliphatic rings. The first kappa shape index (κ1) is 15.5. The molecule has 112 valence electrons. The van der Waals surface area contributed by atoms with Crippen molar-refractivity contribution in [3.8, 4) is 0 Å². The van der Waals surface area contributed by atoms with Crippen LogP contribution >= 0.6 is 11.6 Å². The van der Waals surface area contributed by atoms with Crippen molar-refractivity contribution < 1.29 is 4.74 Å². The summed E-state index contributed by atoms with van der Waals surface area (Å²) in [5.41, 5.74) is 2.78. The number of halogens is 1. The molecule has 5 nitrogen and oxygen atoms in total. The van der Waals surface area contributed by atoms with Gasteiger partial charge in [0.25, 0.3) is 0 Å². The Morgan fingerprint density at radius 3 is 2.71 bits per heavy atom. The fraction of sp³-hybridized carbons (Fsp3) is 0.333. The third-order valence-corrected chi connectivity index (χ3v) is 3.30. The lowest BCUT2D eigenvalue weighted by Gasteiger charge is -2.10. The van der Waals surface area contributed by atoms with Crippen molar-refractivity contribution in [1.29, 1.82) is 0 Å². The predicted molar refractivity (Wildman–Crippen MR) is 86.6 cm³/mol. The van der Waals surface area contributed by atoms with Crippen LogP contribution in [-0.4, -0.2) is 30.2 Å². The smallest absolute Gasteiger partial charge is 0.229 e. The molecule has 2 N–H and O–H groups in total. The van der Waals surface area contributed by atoms with E-state index in [-0.39, 0.29) is 0 Å². The fourth-order valence-electron chi connectivity index (χ4n) is 1.80. The van der Waals surface area contributed by atoms with Crippen LogP contribution in [0.15, 0.2) is 24.3 Å². The Morgan fingerprint density at radius 1 is 1.19 bits per heavy atom.